The maximum atomic E-state index is 13.8. The van der Waals surface area contributed by atoms with Crippen LogP contribution in [0.5, 0.6) is 0 Å². The molecule has 0 aromatic heterocycles. The molecule has 1 aliphatic rings. The molecule has 0 saturated heterocycles. The minimum absolute atomic E-state index is 0.222. The SMILES string of the molecule is CC1=C[C@@H](C(=O)Nc2cc(Cl)c(F)cc2F)N(C(=O)OC(C)(C)C)C1. The molecule has 2 amide bonds. The Kier molecular flexibility index (Phi) is 5.37. The molecule has 136 valence electrons. The lowest BCUT2D eigenvalue weighted by atomic mass is 10.2. The first-order valence-electron chi connectivity index (χ1n) is 7.60. The molecule has 1 heterocycles. The van der Waals surface area contributed by atoms with Crippen molar-refractivity contribution >= 4 is 29.3 Å². The molecule has 1 N–H and O–H groups in total. The van der Waals surface area contributed by atoms with Crippen LogP contribution < -0.4 is 5.32 Å². The molecule has 0 radical (unpaired) electrons. The lowest BCUT2D eigenvalue weighted by Gasteiger charge is -2.28. The molecule has 1 aromatic carbocycles. The largest absolute Gasteiger partial charge is 0.444 e. The standard InChI is InChI=1S/C17H19ClF2N2O3/c1-9-5-14(22(8-9)16(24)25-17(2,3)4)15(23)21-13-6-10(18)11(19)7-12(13)20/h5-7,14H,8H2,1-4H3,(H,21,23)/t14-/m0/s1. The fourth-order valence-corrected chi connectivity index (χ4v) is 2.48. The monoisotopic (exact) mass is 372 g/mol. The Labute approximate surface area is 149 Å². The van der Waals surface area contributed by atoms with E-state index in [1.807, 2.05) is 0 Å². The summed E-state index contributed by atoms with van der Waals surface area (Å²) in [6.07, 6.45) is 0.931. The molecular weight excluding hydrogens is 354 g/mol. The number of hydrogen-bond donors (Lipinski definition) is 1. The van der Waals surface area contributed by atoms with Crippen molar-refractivity contribution in [2.45, 2.75) is 39.3 Å². The van der Waals surface area contributed by atoms with Crippen molar-refractivity contribution in [1.82, 2.24) is 4.90 Å². The third-order valence-electron chi connectivity index (χ3n) is 3.36. The Morgan fingerprint density at radius 2 is 1.92 bits per heavy atom. The van der Waals surface area contributed by atoms with Crippen molar-refractivity contribution < 1.29 is 23.1 Å². The average Bonchev–Trinajstić information content (AvgIpc) is 2.85. The highest BCUT2D eigenvalue weighted by molar-refractivity contribution is 6.31. The highest BCUT2D eigenvalue weighted by Crippen LogP contribution is 2.25. The summed E-state index contributed by atoms with van der Waals surface area (Å²) in [4.78, 5) is 26.0. The number of carbonyl (C=O) groups is 2. The fourth-order valence-electron chi connectivity index (χ4n) is 2.32. The summed E-state index contributed by atoms with van der Waals surface area (Å²) in [5.41, 5.74) is -0.187. The van der Waals surface area contributed by atoms with Gasteiger partial charge in [-0.25, -0.2) is 13.6 Å². The first-order valence-corrected chi connectivity index (χ1v) is 7.98. The molecular formula is C17H19ClF2N2O3. The topological polar surface area (TPSA) is 58.6 Å². The van der Waals surface area contributed by atoms with Crippen LogP contribution in [0.2, 0.25) is 5.02 Å². The fraction of sp³-hybridized carbons (Fsp3) is 0.412. The van der Waals surface area contributed by atoms with Crippen molar-refractivity contribution in [2.75, 3.05) is 11.9 Å². The van der Waals surface area contributed by atoms with E-state index in [1.54, 1.807) is 33.8 Å². The van der Waals surface area contributed by atoms with Gasteiger partial charge < -0.3 is 10.1 Å². The van der Waals surface area contributed by atoms with Gasteiger partial charge in [0.1, 0.15) is 23.3 Å². The van der Waals surface area contributed by atoms with E-state index >= 15 is 0 Å². The molecule has 0 aliphatic carbocycles. The smallest absolute Gasteiger partial charge is 0.411 e. The third kappa shape index (κ3) is 4.69. The number of nitrogens with zero attached hydrogens (tertiary/aromatic N) is 1. The maximum Gasteiger partial charge on any atom is 0.411 e. The Bertz CT molecular complexity index is 744. The Balaban J connectivity index is 2.19. The number of rotatable bonds is 2. The molecule has 1 atom stereocenters. The van der Waals surface area contributed by atoms with E-state index in [4.69, 9.17) is 16.3 Å². The van der Waals surface area contributed by atoms with Gasteiger partial charge >= 0.3 is 6.09 Å². The van der Waals surface area contributed by atoms with E-state index in [0.29, 0.717) is 6.07 Å². The summed E-state index contributed by atoms with van der Waals surface area (Å²) in [6, 6.07) is 0.602. The van der Waals surface area contributed by atoms with E-state index < -0.39 is 35.3 Å². The maximum absolute atomic E-state index is 13.8. The van der Waals surface area contributed by atoms with Crippen molar-refractivity contribution in [1.29, 1.82) is 0 Å². The second-order valence-corrected chi connectivity index (χ2v) is 7.21. The first kappa shape index (κ1) is 19.2. The van der Waals surface area contributed by atoms with Crippen molar-refractivity contribution in [3.05, 3.63) is 40.4 Å². The molecule has 0 saturated carbocycles. The van der Waals surface area contributed by atoms with Crippen LogP contribution in [-0.2, 0) is 9.53 Å². The number of nitrogens with one attached hydrogen (secondary N) is 1. The summed E-state index contributed by atoms with van der Waals surface area (Å²) < 4.78 is 32.3. The number of carbonyl (C=O) groups excluding carboxylic acids is 2. The zero-order valence-corrected chi connectivity index (χ0v) is 15.1. The van der Waals surface area contributed by atoms with Crippen molar-refractivity contribution in [2.24, 2.45) is 0 Å². The second kappa shape index (κ2) is 7.00. The third-order valence-corrected chi connectivity index (χ3v) is 3.65. The average molecular weight is 373 g/mol. The van der Waals surface area contributed by atoms with Gasteiger partial charge in [0.15, 0.2) is 0 Å². The van der Waals surface area contributed by atoms with Crippen LogP contribution in [0.3, 0.4) is 0 Å². The first-order chi connectivity index (χ1) is 11.5. The number of hydrogen-bond acceptors (Lipinski definition) is 3. The van der Waals surface area contributed by atoms with Gasteiger partial charge in [-0.3, -0.25) is 9.69 Å². The predicted molar refractivity (Wildman–Crippen MR) is 90.5 cm³/mol. The van der Waals surface area contributed by atoms with Gasteiger partial charge in [0, 0.05) is 12.6 Å². The highest BCUT2D eigenvalue weighted by Gasteiger charge is 2.35. The molecule has 0 spiro atoms. The Morgan fingerprint density at radius 3 is 2.52 bits per heavy atom. The lowest BCUT2D eigenvalue weighted by Crippen LogP contribution is -2.45. The van der Waals surface area contributed by atoms with Crippen LogP contribution in [0.25, 0.3) is 0 Å². The van der Waals surface area contributed by atoms with Crippen LogP contribution in [0, 0.1) is 11.6 Å². The van der Waals surface area contributed by atoms with Crippen LogP contribution >= 0.6 is 11.6 Å². The number of amides is 2. The molecule has 25 heavy (non-hydrogen) atoms. The zero-order chi connectivity index (χ0) is 18.9. The number of benzene rings is 1. The lowest BCUT2D eigenvalue weighted by molar-refractivity contribution is -0.119. The summed E-state index contributed by atoms with van der Waals surface area (Å²) >= 11 is 5.61. The van der Waals surface area contributed by atoms with Crippen LogP contribution in [0.15, 0.2) is 23.8 Å². The number of anilines is 1. The Hall–Kier alpha value is -2.15. The minimum atomic E-state index is -0.960. The summed E-state index contributed by atoms with van der Waals surface area (Å²) in [7, 11) is 0. The van der Waals surface area contributed by atoms with Gasteiger partial charge in [0.2, 0.25) is 0 Å². The molecule has 0 unspecified atom stereocenters. The molecule has 0 bridgehead atoms. The molecule has 0 fully saturated rings. The summed E-state index contributed by atoms with van der Waals surface area (Å²) in [5, 5.41) is 2.01. The van der Waals surface area contributed by atoms with Gasteiger partial charge in [-0.15, -0.1) is 0 Å². The van der Waals surface area contributed by atoms with Gasteiger partial charge in [0.25, 0.3) is 5.91 Å². The van der Waals surface area contributed by atoms with Gasteiger partial charge in [0.05, 0.1) is 10.7 Å². The quantitative estimate of drug-likeness (QED) is 0.627. The molecule has 1 aromatic rings. The van der Waals surface area contributed by atoms with Crippen molar-refractivity contribution in [3.8, 4) is 0 Å². The molecule has 2 rings (SSSR count). The van der Waals surface area contributed by atoms with E-state index in [9.17, 15) is 18.4 Å². The summed E-state index contributed by atoms with van der Waals surface area (Å²) in [6.45, 7) is 7.13. The van der Waals surface area contributed by atoms with Gasteiger partial charge in [-0.05, 0) is 33.8 Å². The number of ether oxygens (including phenoxy) is 1. The summed E-state index contributed by atoms with van der Waals surface area (Å²) in [5.74, 6) is -2.54. The Morgan fingerprint density at radius 1 is 1.28 bits per heavy atom. The van der Waals surface area contributed by atoms with E-state index in [-0.39, 0.29) is 17.3 Å². The van der Waals surface area contributed by atoms with Crippen molar-refractivity contribution in [3.63, 3.8) is 0 Å². The van der Waals surface area contributed by atoms with E-state index in [2.05, 4.69) is 5.32 Å². The van der Waals surface area contributed by atoms with E-state index in [1.165, 1.54) is 4.90 Å². The van der Waals surface area contributed by atoms with Crippen LogP contribution in [0.1, 0.15) is 27.7 Å². The van der Waals surface area contributed by atoms with Crippen LogP contribution in [-0.4, -0.2) is 35.1 Å². The molecule has 8 heteroatoms. The minimum Gasteiger partial charge on any atom is -0.444 e. The van der Waals surface area contributed by atoms with E-state index in [0.717, 1.165) is 11.6 Å². The normalized spacial score (nSPS) is 17.3. The highest BCUT2D eigenvalue weighted by atomic mass is 35.5. The molecule has 5 nitrogen and oxygen atoms in total. The van der Waals surface area contributed by atoms with Gasteiger partial charge in [-0.2, -0.15) is 0 Å². The zero-order valence-electron chi connectivity index (χ0n) is 14.3. The van der Waals surface area contributed by atoms with Crippen LogP contribution in [0.4, 0.5) is 19.3 Å². The second-order valence-electron chi connectivity index (χ2n) is 6.80. The molecule has 1 aliphatic heterocycles. The number of halogens is 3. The predicted octanol–water partition coefficient (Wildman–Crippen LogP) is 4.12. The van der Waals surface area contributed by atoms with Gasteiger partial charge in [-0.1, -0.05) is 23.3 Å².